The molecule has 2 unspecified atom stereocenters. The molecule has 2 nitrogen and oxygen atoms in total. The molecule has 0 bridgehead atoms. The first-order valence-electron chi connectivity index (χ1n) is 7.38. The van der Waals surface area contributed by atoms with Gasteiger partial charge in [0.05, 0.1) is 9.83 Å². The zero-order valence-electron chi connectivity index (χ0n) is 11.5. The topological polar surface area (TPSA) is 29.3 Å². The largest absolute Gasteiger partial charge is 0.326 e. The fraction of sp³-hybridized carbons (Fsp3) is 0.733. The van der Waals surface area contributed by atoms with Crippen LogP contribution in [0.1, 0.15) is 43.5 Å². The summed E-state index contributed by atoms with van der Waals surface area (Å²) in [6, 6.07) is 5.00. The van der Waals surface area contributed by atoms with Gasteiger partial charge in [0.15, 0.2) is 0 Å². The molecule has 0 amide bonds. The number of nitrogens with two attached hydrogens (primary N) is 1. The molecule has 106 valence electrons. The van der Waals surface area contributed by atoms with Gasteiger partial charge in [-0.05, 0) is 72.5 Å². The molecule has 2 N–H and O–H groups in total. The summed E-state index contributed by atoms with van der Waals surface area (Å²) in [7, 11) is 0. The van der Waals surface area contributed by atoms with Crippen LogP contribution < -0.4 is 5.73 Å². The number of rotatable bonds is 7. The predicted molar refractivity (Wildman–Crippen MR) is 85.4 cm³/mol. The maximum Gasteiger partial charge on any atom is 0.0702 e. The van der Waals surface area contributed by atoms with Crippen molar-refractivity contribution < 1.29 is 0 Å². The van der Waals surface area contributed by atoms with Gasteiger partial charge in [0, 0.05) is 24.0 Å². The number of nitrogens with zero attached hydrogens (tertiary/aromatic N) is 1. The molecule has 1 aromatic heterocycles. The van der Waals surface area contributed by atoms with Crippen molar-refractivity contribution in [2.75, 3.05) is 13.1 Å². The summed E-state index contributed by atoms with van der Waals surface area (Å²) in [5, 5.41) is 0. The minimum absolute atomic E-state index is 0.197. The first-order valence-corrected chi connectivity index (χ1v) is 8.99. The van der Waals surface area contributed by atoms with Crippen molar-refractivity contribution in [3.05, 3.63) is 20.8 Å². The fourth-order valence-corrected chi connectivity index (χ4v) is 4.50. The quantitative estimate of drug-likeness (QED) is 0.810. The summed E-state index contributed by atoms with van der Waals surface area (Å²) in [5.74, 6) is 1.87. The van der Waals surface area contributed by atoms with Crippen LogP contribution in [0.2, 0.25) is 0 Å². The lowest BCUT2D eigenvalue weighted by Crippen LogP contribution is -2.41. The van der Waals surface area contributed by atoms with Crippen molar-refractivity contribution in [1.82, 2.24) is 4.90 Å². The fourth-order valence-electron chi connectivity index (χ4n) is 2.82. The second-order valence-corrected chi connectivity index (χ2v) is 8.78. The second kappa shape index (κ2) is 5.84. The lowest BCUT2D eigenvalue weighted by atomic mass is 10.1. The van der Waals surface area contributed by atoms with Gasteiger partial charge in [-0.15, -0.1) is 11.3 Å². The smallest absolute Gasteiger partial charge is 0.0702 e. The minimum Gasteiger partial charge on any atom is -0.326 e. The van der Waals surface area contributed by atoms with Gasteiger partial charge in [0.1, 0.15) is 0 Å². The van der Waals surface area contributed by atoms with Gasteiger partial charge >= 0.3 is 0 Å². The van der Waals surface area contributed by atoms with E-state index in [0.717, 1.165) is 11.8 Å². The predicted octanol–water partition coefficient (Wildman–Crippen LogP) is 4.02. The Bertz CT molecular complexity index is 410. The van der Waals surface area contributed by atoms with E-state index in [1.807, 2.05) is 11.3 Å². The lowest BCUT2D eigenvalue weighted by molar-refractivity contribution is 0.164. The maximum atomic E-state index is 6.32. The standard InChI is InChI=1S/C15H23BrN2S/c1-10(17)15(13-6-7-14(16)19-13)18(8-11-2-3-11)9-12-4-5-12/h6-7,10-12,15H,2-5,8-9,17H2,1H3. The molecule has 1 aromatic rings. The molecule has 2 fully saturated rings. The SMILES string of the molecule is CC(N)C(c1ccc(Br)s1)N(CC1CC1)CC1CC1. The monoisotopic (exact) mass is 342 g/mol. The minimum atomic E-state index is 0.197. The van der Waals surface area contributed by atoms with Crippen LogP contribution in [0.15, 0.2) is 15.9 Å². The molecule has 19 heavy (non-hydrogen) atoms. The molecule has 0 aromatic carbocycles. The Morgan fingerprint density at radius 2 is 1.84 bits per heavy atom. The summed E-state index contributed by atoms with van der Waals surface area (Å²) < 4.78 is 1.21. The highest BCUT2D eigenvalue weighted by atomic mass is 79.9. The maximum absolute atomic E-state index is 6.32. The molecule has 2 aliphatic carbocycles. The highest BCUT2D eigenvalue weighted by Gasteiger charge is 2.34. The summed E-state index contributed by atoms with van der Waals surface area (Å²) in [6.45, 7) is 4.65. The molecule has 0 radical (unpaired) electrons. The van der Waals surface area contributed by atoms with Crippen LogP contribution in [0.4, 0.5) is 0 Å². The van der Waals surface area contributed by atoms with E-state index in [4.69, 9.17) is 5.73 Å². The van der Waals surface area contributed by atoms with Crippen molar-refractivity contribution in [1.29, 1.82) is 0 Å². The Morgan fingerprint density at radius 1 is 1.26 bits per heavy atom. The molecule has 4 heteroatoms. The highest BCUT2D eigenvalue weighted by Crippen LogP contribution is 2.39. The zero-order valence-corrected chi connectivity index (χ0v) is 13.9. The normalized spacial score (nSPS) is 22.7. The van der Waals surface area contributed by atoms with Crippen molar-refractivity contribution in [2.45, 2.75) is 44.7 Å². The zero-order chi connectivity index (χ0) is 13.4. The Kier molecular flexibility index (Phi) is 4.32. The van der Waals surface area contributed by atoms with Crippen molar-refractivity contribution >= 4 is 27.3 Å². The third-order valence-electron chi connectivity index (χ3n) is 4.16. The lowest BCUT2D eigenvalue weighted by Gasteiger charge is -2.34. The molecular formula is C15H23BrN2S. The second-order valence-electron chi connectivity index (χ2n) is 6.29. The van der Waals surface area contributed by atoms with Crippen LogP contribution in [0.25, 0.3) is 0 Å². The van der Waals surface area contributed by atoms with Gasteiger partial charge in [-0.25, -0.2) is 0 Å². The molecule has 0 spiro atoms. The van der Waals surface area contributed by atoms with E-state index < -0.39 is 0 Å². The molecular weight excluding hydrogens is 320 g/mol. The summed E-state index contributed by atoms with van der Waals surface area (Å²) in [4.78, 5) is 4.10. The third kappa shape index (κ3) is 3.81. The van der Waals surface area contributed by atoms with Crippen LogP contribution in [0.3, 0.4) is 0 Å². The van der Waals surface area contributed by atoms with Gasteiger partial charge in [0.2, 0.25) is 0 Å². The van der Waals surface area contributed by atoms with Gasteiger partial charge < -0.3 is 5.73 Å². The number of thiophene rings is 1. The molecule has 0 aliphatic heterocycles. The average molecular weight is 343 g/mol. The van der Waals surface area contributed by atoms with Gasteiger partial charge in [-0.3, -0.25) is 4.90 Å². The van der Waals surface area contributed by atoms with Crippen molar-refractivity contribution in [2.24, 2.45) is 17.6 Å². The summed E-state index contributed by atoms with van der Waals surface area (Å²) >= 11 is 5.43. The van der Waals surface area contributed by atoms with Crippen molar-refractivity contribution in [3.8, 4) is 0 Å². The third-order valence-corrected chi connectivity index (χ3v) is 5.85. The Labute approximate surface area is 128 Å². The van der Waals surface area contributed by atoms with Crippen LogP contribution in [0, 0.1) is 11.8 Å². The van der Waals surface area contributed by atoms with Gasteiger partial charge in [-0.1, -0.05) is 0 Å². The Balaban J connectivity index is 1.77. The molecule has 2 atom stereocenters. The molecule has 1 heterocycles. The summed E-state index contributed by atoms with van der Waals surface area (Å²) in [5.41, 5.74) is 6.32. The Morgan fingerprint density at radius 3 is 2.21 bits per heavy atom. The first-order chi connectivity index (χ1) is 9.13. The average Bonchev–Trinajstić information content (AvgIpc) is 3.24. The van der Waals surface area contributed by atoms with Gasteiger partial charge in [0.25, 0.3) is 0 Å². The van der Waals surface area contributed by atoms with Crippen LogP contribution in [0.5, 0.6) is 0 Å². The van der Waals surface area contributed by atoms with E-state index in [0.29, 0.717) is 6.04 Å². The molecule has 0 saturated heterocycles. The van der Waals surface area contributed by atoms with E-state index in [2.05, 4.69) is 39.9 Å². The number of hydrogen-bond acceptors (Lipinski definition) is 3. The molecule has 2 aliphatic rings. The van der Waals surface area contributed by atoms with E-state index in [9.17, 15) is 0 Å². The van der Waals surface area contributed by atoms with Gasteiger partial charge in [-0.2, -0.15) is 0 Å². The molecule has 3 rings (SSSR count). The van der Waals surface area contributed by atoms with Crippen LogP contribution >= 0.6 is 27.3 Å². The van der Waals surface area contributed by atoms with Crippen molar-refractivity contribution in [3.63, 3.8) is 0 Å². The van der Waals surface area contributed by atoms with E-state index in [1.54, 1.807) is 0 Å². The van der Waals surface area contributed by atoms with Crippen LogP contribution in [-0.4, -0.2) is 24.0 Å². The Hall–Kier alpha value is 0.1000. The first kappa shape index (κ1) is 14.1. The molecule has 2 saturated carbocycles. The highest BCUT2D eigenvalue weighted by molar-refractivity contribution is 9.11. The van der Waals surface area contributed by atoms with E-state index in [1.165, 1.54) is 47.4 Å². The summed E-state index contributed by atoms with van der Waals surface area (Å²) in [6.07, 6.45) is 5.67. The number of halogens is 1. The van der Waals surface area contributed by atoms with E-state index >= 15 is 0 Å². The van der Waals surface area contributed by atoms with Crippen LogP contribution in [-0.2, 0) is 0 Å². The van der Waals surface area contributed by atoms with E-state index in [-0.39, 0.29) is 6.04 Å². The number of hydrogen-bond donors (Lipinski definition) is 1.